The molecular formula is C10H20N4. The van der Waals surface area contributed by atoms with Gasteiger partial charge in [0, 0.05) is 6.54 Å². The van der Waals surface area contributed by atoms with Crippen molar-refractivity contribution in [1.82, 2.24) is 15.0 Å². The number of hydrogen-bond acceptors (Lipinski definition) is 3. The van der Waals surface area contributed by atoms with Crippen molar-refractivity contribution < 1.29 is 0 Å². The Balaban J connectivity index is 2.50. The predicted molar refractivity (Wildman–Crippen MR) is 56.7 cm³/mol. The zero-order chi connectivity index (χ0) is 10.6. The molecule has 0 saturated carbocycles. The minimum absolute atomic E-state index is 0.0304. The van der Waals surface area contributed by atoms with Gasteiger partial charge in [-0.2, -0.15) is 0 Å². The van der Waals surface area contributed by atoms with Gasteiger partial charge in [-0.05, 0) is 18.8 Å². The molecule has 1 rings (SSSR count). The van der Waals surface area contributed by atoms with Crippen LogP contribution in [0.15, 0.2) is 6.20 Å². The molecular weight excluding hydrogens is 176 g/mol. The van der Waals surface area contributed by atoms with Crippen LogP contribution in [-0.4, -0.2) is 15.0 Å². The summed E-state index contributed by atoms with van der Waals surface area (Å²) in [7, 11) is 0. The molecule has 1 aromatic rings. The maximum absolute atomic E-state index is 5.85. The second-order valence-electron chi connectivity index (χ2n) is 4.10. The Morgan fingerprint density at radius 1 is 1.50 bits per heavy atom. The molecule has 1 heterocycles. The van der Waals surface area contributed by atoms with Crippen LogP contribution in [-0.2, 0) is 6.54 Å². The molecule has 0 spiro atoms. The van der Waals surface area contributed by atoms with E-state index in [4.69, 9.17) is 5.73 Å². The van der Waals surface area contributed by atoms with E-state index in [1.54, 1.807) is 0 Å². The Morgan fingerprint density at radius 3 is 2.79 bits per heavy atom. The second-order valence-corrected chi connectivity index (χ2v) is 4.10. The maximum atomic E-state index is 5.85. The van der Waals surface area contributed by atoms with Gasteiger partial charge in [-0.15, -0.1) is 5.10 Å². The largest absolute Gasteiger partial charge is 0.323 e. The van der Waals surface area contributed by atoms with Crippen LogP contribution < -0.4 is 5.73 Å². The van der Waals surface area contributed by atoms with Gasteiger partial charge in [0.15, 0.2) is 0 Å². The summed E-state index contributed by atoms with van der Waals surface area (Å²) in [5.41, 5.74) is 6.75. The third-order valence-electron chi connectivity index (χ3n) is 2.31. The van der Waals surface area contributed by atoms with Crippen molar-refractivity contribution in [2.75, 3.05) is 0 Å². The monoisotopic (exact) mass is 196 g/mol. The fourth-order valence-electron chi connectivity index (χ4n) is 1.19. The summed E-state index contributed by atoms with van der Waals surface area (Å²) in [5.74, 6) is 0.697. The van der Waals surface area contributed by atoms with E-state index in [-0.39, 0.29) is 6.04 Å². The average Bonchev–Trinajstić information content (AvgIpc) is 2.62. The van der Waals surface area contributed by atoms with Crippen molar-refractivity contribution in [3.05, 3.63) is 11.9 Å². The van der Waals surface area contributed by atoms with Gasteiger partial charge in [0.05, 0.1) is 17.9 Å². The fourth-order valence-corrected chi connectivity index (χ4v) is 1.19. The standard InChI is InChI=1S/C10H20N4/c1-4-9(11)10-7-14(13-12-10)6-5-8(2)3/h7-9H,4-6,11H2,1-3H3. The first-order chi connectivity index (χ1) is 6.63. The molecule has 0 radical (unpaired) electrons. The summed E-state index contributed by atoms with van der Waals surface area (Å²) in [5, 5.41) is 8.10. The molecule has 0 bridgehead atoms. The van der Waals surface area contributed by atoms with Crippen LogP contribution in [0.25, 0.3) is 0 Å². The summed E-state index contributed by atoms with van der Waals surface area (Å²) < 4.78 is 1.88. The molecule has 0 fully saturated rings. The number of nitrogens with zero attached hydrogens (tertiary/aromatic N) is 3. The lowest BCUT2D eigenvalue weighted by atomic mass is 10.1. The second kappa shape index (κ2) is 5.10. The lowest BCUT2D eigenvalue weighted by Crippen LogP contribution is -2.08. The summed E-state index contributed by atoms with van der Waals surface area (Å²) in [6, 6.07) is 0.0304. The molecule has 1 atom stereocenters. The number of nitrogens with two attached hydrogens (primary N) is 1. The van der Waals surface area contributed by atoms with Crippen LogP contribution in [0.3, 0.4) is 0 Å². The quantitative estimate of drug-likeness (QED) is 0.780. The molecule has 0 saturated heterocycles. The Hall–Kier alpha value is -0.900. The van der Waals surface area contributed by atoms with E-state index in [0.29, 0.717) is 5.92 Å². The average molecular weight is 196 g/mol. The molecule has 4 heteroatoms. The van der Waals surface area contributed by atoms with Crippen LogP contribution in [0, 0.1) is 5.92 Å². The highest BCUT2D eigenvalue weighted by atomic mass is 15.4. The first kappa shape index (κ1) is 11.2. The molecule has 0 aromatic carbocycles. The zero-order valence-electron chi connectivity index (χ0n) is 9.27. The van der Waals surface area contributed by atoms with Gasteiger partial charge in [0.1, 0.15) is 0 Å². The van der Waals surface area contributed by atoms with Gasteiger partial charge in [0.25, 0.3) is 0 Å². The highest BCUT2D eigenvalue weighted by molar-refractivity contribution is 4.98. The van der Waals surface area contributed by atoms with Gasteiger partial charge in [-0.3, -0.25) is 4.68 Å². The molecule has 1 unspecified atom stereocenters. The zero-order valence-corrected chi connectivity index (χ0v) is 9.27. The van der Waals surface area contributed by atoms with Crippen LogP contribution in [0.2, 0.25) is 0 Å². The van der Waals surface area contributed by atoms with Crippen LogP contribution >= 0.6 is 0 Å². The SMILES string of the molecule is CCC(N)c1cn(CCC(C)C)nn1. The summed E-state index contributed by atoms with van der Waals surface area (Å²) in [6.07, 6.45) is 3.99. The lowest BCUT2D eigenvalue weighted by Gasteiger charge is -2.03. The number of aromatic nitrogens is 3. The minimum atomic E-state index is 0.0304. The predicted octanol–water partition coefficient (Wildman–Crippen LogP) is 1.73. The van der Waals surface area contributed by atoms with E-state index in [0.717, 1.165) is 25.1 Å². The first-order valence-corrected chi connectivity index (χ1v) is 5.29. The molecule has 1 aromatic heterocycles. The molecule has 0 aliphatic heterocycles. The molecule has 0 aliphatic rings. The van der Waals surface area contributed by atoms with Crippen molar-refractivity contribution in [3.8, 4) is 0 Å². The Morgan fingerprint density at radius 2 is 2.21 bits per heavy atom. The Labute approximate surface area is 85.5 Å². The number of aryl methyl sites for hydroxylation is 1. The van der Waals surface area contributed by atoms with Gasteiger partial charge in [-0.25, -0.2) is 0 Å². The first-order valence-electron chi connectivity index (χ1n) is 5.29. The van der Waals surface area contributed by atoms with Gasteiger partial charge >= 0.3 is 0 Å². The molecule has 2 N–H and O–H groups in total. The van der Waals surface area contributed by atoms with Gasteiger partial charge < -0.3 is 5.73 Å². The summed E-state index contributed by atoms with van der Waals surface area (Å²) in [4.78, 5) is 0. The third kappa shape index (κ3) is 3.10. The smallest absolute Gasteiger partial charge is 0.0993 e. The maximum Gasteiger partial charge on any atom is 0.0993 e. The highest BCUT2D eigenvalue weighted by Gasteiger charge is 2.07. The third-order valence-corrected chi connectivity index (χ3v) is 2.31. The van der Waals surface area contributed by atoms with E-state index < -0.39 is 0 Å². The Bertz CT molecular complexity index is 267. The molecule has 0 aliphatic carbocycles. The topological polar surface area (TPSA) is 56.7 Å². The van der Waals surface area contributed by atoms with Crippen LogP contribution in [0.4, 0.5) is 0 Å². The van der Waals surface area contributed by atoms with E-state index in [2.05, 4.69) is 31.1 Å². The fraction of sp³-hybridized carbons (Fsp3) is 0.800. The lowest BCUT2D eigenvalue weighted by molar-refractivity contribution is 0.478. The van der Waals surface area contributed by atoms with E-state index in [1.807, 2.05) is 10.9 Å². The van der Waals surface area contributed by atoms with Gasteiger partial charge in [0.2, 0.25) is 0 Å². The number of rotatable bonds is 5. The molecule has 14 heavy (non-hydrogen) atoms. The minimum Gasteiger partial charge on any atom is -0.323 e. The molecule has 0 amide bonds. The van der Waals surface area contributed by atoms with E-state index >= 15 is 0 Å². The summed E-state index contributed by atoms with van der Waals surface area (Å²) >= 11 is 0. The summed E-state index contributed by atoms with van der Waals surface area (Å²) in [6.45, 7) is 7.39. The van der Waals surface area contributed by atoms with Crippen molar-refractivity contribution in [1.29, 1.82) is 0 Å². The van der Waals surface area contributed by atoms with E-state index in [1.165, 1.54) is 0 Å². The Kier molecular flexibility index (Phi) is 4.07. The van der Waals surface area contributed by atoms with E-state index in [9.17, 15) is 0 Å². The van der Waals surface area contributed by atoms with Gasteiger partial charge in [-0.1, -0.05) is 26.0 Å². The molecule has 80 valence electrons. The van der Waals surface area contributed by atoms with Crippen molar-refractivity contribution in [2.24, 2.45) is 11.7 Å². The van der Waals surface area contributed by atoms with Crippen LogP contribution in [0.5, 0.6) is 0 Å². The molecule has 4 nitrogen and oxygen atoms in total. The van der Waals surface area contributed by atoms with Crippen molar-refractivity contribution >= 4 is 0 Å². The van der Waals surface area contributed by atoms with Crippen molar-refractivity contribution in [2.45, 2.75) is 46.2 Å². The highest BCUT2D eigenvalue weighted by Crippen LogP contribution is 2.09. The van der Waals surface area contributed by atoms with Crippen LogP contribution in [0.1, 0.15) is 45.3 Å². The van der Waals surface area contributed by atoms with Crippen molar-refractivity contribution in [3.63, 3.8) is 0 Å². The number of hydrogen-bond donors (Lipinski definition) is 1. The normalized spacial score (nSPS) is 13.5.